The van der Waals surface area contributed by atoms with Crippen LogP contribution >= 0.6 is 0 Å². The summed E-state index contributed by atoms with van der Waals surface area (Å²) in [5.74, 6) is 0. The van der Waals surface area contributed by atoms with Crippen molar-refractivity contribution in [1.82, 2.24) is 0 Å². The lowest BCUT2D eigenvalue weighted by Crippen LogP contribution is -1.97. The minimum absolute atomic E-state index is 1.22. The van der Waals surface area contributed by atoms with Crippen molar-refractivity contribution in [3.63, 3.8) is 0 Å². The van der Waals surface area contributed by atoms with Gasteiger partial charge in [0.15, 0.2) is 0 Å². The van der Waals surface area contributed by atoms with Crippen molar-refractivity contribution in [1.29, 1.82) is 0 Å². The highest BCUT2D eigenvalue weighted by atomic mass is 14.4. The molecule has 0 aliphatic heterocycles. The molecule has 0 N–H and O–H groups in total. The summed E-state index contributed by atoms with van der Waals surface area (Å²) in [5.41, 5.74) is 20.1. The molecule has 7 aromatic rings. The van der Waals surface area contributed by atoms with E-state index >= 15 is 0 Å². The van der Waals surface area contributed by atoms with Gasteiger partial charge in [-0.15, -0.1) is 0 Å². The summed E-state index contributed by atoms with van der Waals surface area (Å²) in [6, 6.07) is 70.5. The molecule has 0 saturated carbocycles. The van der Waals surface area contributed by atoms with Gasteiger partial charge in [-0.3, -0.25) is 0 Å². The Bertz CT molecular complexity index is 2360. The number of benzene rings is 7. The Morgan fingerprint density at radius 1 is 0.167 bits per heavy atom. The third-order valence-electron chi connectivity index (χ3n) is 9.62. The van der Waals surface area contributed by atoms with Crippen LogP contribution in [0, 0.1) is 0 Å². The SMILES string of the molecule is c1ccc(C2=C(c3ccccc3)C(c3ccccc3)=C3C2=C(c2ccccc2)c2cc(-c4ccccc4)c(-c4ccccc4)cc23)cc1. The zero-order valence-electron chi connectivity index (χ0n) is 26.5. The Morgan fingerprint density at radius 3 is 0.771 bits per heavy atom. The van der Waals surface area contributed by atoms with Crippen molar-refractivity contribution >= 4 is 27.9 Å². The largest absolute Gasteiger partial charge is 0.0622 e. The predicted octanol–water partition coefficient (Wildman–Crippen LogP) is 12.4. The van der Waals surface area contributed by atoms with Gasteiger partial charge in [0.1, 0.15) is 0 Å². The lowest BCUT2D eigenvalue weighted by molar-refractivity contribution is 1.51. The molecule has 2 aliphatic rings. The second-order valence-corrected chi connectivity index (χ2v) is 12.4. The van der Waals surface area contributed by atoms with Gasteiger partial charge in [0.25, 0.3) is 0 Å². The fraction of sp³-hybridized carbons (Fsp3) is 0. The standard InChI is InChI=1S/C48H32/c1-7-19-33(20-8-1)39-31-41-42(32-40(39)34-21-9-2-10-22-34)47-45(37-27-15-5-16-28-37)44(36-25-13-4-14-26-36)46(38-29-17-6-18-30-38)48(47)43(41)35-23-11-3-12-24-35/h1-32H. The Morgan fingerprint density at radius 2 is 0.417 bits per heavy atom. The number of allylic oxidation sites excluding steroid dienone is 5. The van der Waals surface area contributed by atoms with Gasteiger partial charge in [-0.05, 0) is 101 Å². The third-order valence-corrected chi connectivity index (χ3v) is 9.62. The van der Waals surface area contributed by atoms with Gasteiger partial charge >= 0.3 is 0 Å². The van der Waals surface area contributed by atoms with Crippen molar-refractivity contribution in [2.24, 2.45) is 0 Å². The van der Waals surface area contributed by atoms with Crippen LogP contribution in [0.4, 0.5) is 0 Å². The van der Waals surface area contributed by atoms with Crippen molar-refractivity contribution in [3.8, 4) is 22.3 Å². The molecule has 0 nitrogen and oxygen atoms in total. The van der Waals surface area contributed by atoms with E-state index < -0.39 is 0 Å². The van der Waals surface area contributed by atoms with Gasteiger partial charge in [-0.1, -0.05) is 182 Å². The molecule has 2 aliphatic carbocycles. The maximum Gasteiger partial charge on any atom is -0.000137 e. The van der Waals surface area contributed by atoms with E-state index in [0.717, 1.165) is 0 Å². The maximum absolute atomic E-state index is 2.47. The molecule has 224 valence electrons. The second-order valence-electron chi connectivity index (χ2n) is 12.4. The molecule has 0 spiro atoms. The molecule has 0 saturated heterocycles. The van der Waals surface area contributed by atoms with Gasteiger partial charge in [0.05, 0.1) is 0 Å². The van der Waals surface area contributed by atoms with Gasteiger partial charge < -0.3 is 0 Å². The minimum atomic E-state index is 1.22. The van der Waals surface area contributed by atoms with Crippen LogP contribution in [0.25, 0.3) is 50.1 Å². The molecule has 0 fully saturated rings. The average Bonchev–Trinajstić information content (AvgIpc) is 3.69. The average molecular weight is 609 g/mol. The molecule has 0 heterocycles. The van der Waals surface area contributed by atoms with Crippen LogP contribution in [-0.4, -0.2) is 0 Å². The van der Waals surface area contributed by atoms with E-state index in [4.69, 9.17) is 0 Å². The molecule has 0 heteroatoms. The third kappa shape index (κ3) is 4.62. The Hall–Kier alpha value is -6.24. The van der Waals surface area contributed by atoms with Crippen molar-refractivity contribution in [2.45, 2.75) is 0 Å². The highest BCUT2D eigenvalue weighted by Crippen LogP contribution is 2.62. The van der Waals surface area contributed by atoms with E-state index in [9.17, 15) is 0 Å². The highest BCUT2D eigenvalue weighted by molar-refractivity contribution is 6.39. The van der Waals surface area contributed by atoms with Crippen LogP contribution < -0.4 is 0 Å². The van der Waals surface area contributed by atoms with Gasteiger partial charge in [-0.2, -0.15) is 0 Å². The summed E-state index contributed by atoms with van der Waals surface area (Å²) in [6.07, 6.45) is 0. The summed E-state index contributed by atoms with van der Waals surface area (Å²) in [7, 11) is 0. The predicted molar refractivity (Wildman–Crippen MR) is 203 cm³/mol. The molecule has 0 radical (unpaired) electrons. The van der Waals surface area contributed by atoms with E-state index in [-0.39, 0.29) is 0 Å². The van der Waals surface area contributed by atoms with E-state index in [1.807, 2.05) is 0 Å². The number of hydrogen-bond acceptors (Lipinski definition) is 0. The zero-order chi connectivity index (χ0) is 31.9. The molecule has 0 bridgehead atoms. The lowest BCUT2D eigenvalue weighted by atomic mass is 9.84. The summed E-state index contributed by atoms with van der Waals surface area (Å²) in [6.45, 7) is 0. The summed E-state index contributed by atoms with van der Waals surface area (Å²) < 4.78 is 0. The van der Waals surface area contributed by atoms with Crippen LogP contribution in [0.5, 0.6) is 0 Å². The minimum Gasteiger partial charge on any atom is -0.0622 e. The fourth-order valence-electron chi connectivity index (χ4n) is 7.59. The quantitative estimate of drug-likeness (QED) is 0.176. The summed E-state index contributed by atoms with van der Waals surface area (Å²) >= 11 is 0. The maximum atomic E-state index is 2.47. The highest BCUT2D eigenvalue weighted by Gasteiger charge is 2.40. The van der Waals surface area contributed by atoms with Crippen molar-refractivity contribution in [2.75, 3.05) is 0 Å². The summed E-state index contributed by atoms with van der Waals surface area (Å²) in [5, 5.41) is 0. The van der Waals surface area contributed by atoms with E-state index in [1.165, 1.54) is 89.1 Å². The Labute approximate surface area is 282 Å². The molecular weight excluding hydrogens is 577 g/mol. The Kier molecular flexibility index (Phi) is 6.91. The van der Waals surface area contributed by atoms with Crippen molar-refractivity contribution < 1.29 is 0 Å². The molecule has 9 rings (SSSR count). The van der Waals surface area contributed by atoms with Crippen LogP contribution in [0.1, 0.15) is 33.4 Å². The Balaban J connectivity index is 1.47. The molecular formula is C48H32. The van der Waals surface area contributed by atoms with E-state index in [1.54, 1.807) is 0 Å². The smallest absolute Gasteiger partial charge is 0.000137 e. The van der Waals surface area contributed by atoms with E-state index in [2.05, 4.69) is 194 Å². The molecule has 0 amide bonds. The molecule has 48 heavy (non-hydrogen) atoms. The van der Waals surface area contributed by atoms with Crippen LogP contribution in [0.15, 0.2) is 200 Å². The molecule has 0 unspecified atom stereocenters. The number of hydrogen-bond donors (Lipinski definition) is 0. The summed E-state index contributed by atoms with van der Waals surface area (Å²) in [4.78, 5) is 0. The van der Waals surface area contributed by atoms with Crippen LogP contribution in [0.3, 0.4) is 0 Å². The monoisotopic (exact) mass is 608 g/mol. The first kappa shape index (κ1) is 28.0. The second kappa shape index (κ2) is 11.8. The van der Waals surface area contributed by atoms with Crippen molar-refractivity contribution in [3.05, 3.63) is 233 Å². The molecule has 0 atom stereocenters. The van der Waals surface area contributed by atoms with Gasteiger partial charge in [0, 0.05) is 0 Å². The first-order chi connectivity index (χ1) is 23.9. The number of rotatable bonds is 6. The van der Waals surface area contributed by atoms with Gasteiger partial charge in [-0.25, -0.2) is 0 Å². The first-order valence-electron chi connectivity index (χ1n) is 16.6. The van der Waals surface area contributed by atoms with Crippen LogP contribution in [-0.2, 0) is 0 Å². The van der Waals surface area contributed by atoms with Crippen LogP contribution in [0.2, 0.25) is 0 Å². The first-order valence-corrected chi connectivity index (χ1v) is 16.6. The van der Waals surface area contributed by atoms with E-state index in [0.29, 0.717) is 0 Å². The fourth-order valence-corrected chi connectivity index (χ4v) is 7.59. The zero-order valence-corrected chi connectivity index (χ0v) is 26.5. The van der Waals surface area contributed by atoms with Gasteiger partial charge in [0.2, 0.25) is 0 Å². The number of fused-ring (bicyclic) bond motifs is 3. The normalized spacial score (nSPS) is 13.6. The topological polar surface area (TPSA) is 0 Å². The molecule has 7 aromatic carbocycles. The lowest BCUT2D eigenvalue weighted by Gasteiger charge is -2.19. The molecule has 0 aromatic heterocycles.